The maximum absolute atomic E-state index is 13.0. The summed E-state index contributed by atoms with van der Waals surface area (Å²) in [5.41, 5.74) is 6.18. The SMILES string of the molecule is CN(CCC#N)CC(=O)Nc1cc(F)ccc1N. The van der Waals surface area contributed by atoms with E-state index in [1.54, 1.807) is 11.9 Å². The maximum atomic E-state index is 13.0. The van der Waals surface area contributed by atoms with Crippen molar-refractivity contribution >= 4 is 17.3 Å². The van der Waals surface area contributed by atoms with Crippen LogP contribution < -0.4 is 11.1 Å². The molecule has 0 radical (unpaired) electrons. The Bertz CT molecular complexity index is 470. The number of nitrogens with one attached hydrogen (secondary N) is 1. The standard InChI is InChI=1S/C12H15FN4O/c1-17(6-2-5-14)8-12(18)16-11-7-9(13)3-4-10(11)15/h3-4,7H,2,6,8,15H2,1H3,(H,16,18). The molecule has 96 valence electrons. The number of nitrogens with two attached hydrogens (primary N) is 1. The van der Waals surface area contributed by atoms with E-state index < -0.39 is 5.82 Å². The molecular formula is C12H15FN4O. The first kappa shape index (κ1) is 13.9. The van der Waals surface area contributed by atoms with E-state index in [2.05, 4.69) is 5.32 Å². The van der Waals surface area contributed by atoms with Crippen LogP contribution in [0.5, 0.6) is 0 Å². The Balaban J connectivity index is 2.54. The number of likely N-dealkylation sites (N-methyl/N-ethyl adjacent to an activating group) is 1. The van der Waals surface area contributed by atoms with Gasteiger partial charge in [-0.3, -0.25) is 9.69 Å². The van der Waals surface area contributed by atoms with Gasteiger partial charge in [0.1, 0.15) is 5.82 Å². The van der Waals surface area contributed by atoms with Gasteiger partial charge in [0.25, 0.3) is 0 Å². The number of hydrogen-bond acceptors (Lipinski definition) is 4. The predicted octanol–water partition coefficient (Wildman–Crippen LogP) is 1.19. The third-order valence-corrected chi connectivity index (χ3v) is 2.31. The molecule has 1 aromatic carbocycles. The average Bonchev–Trinajstić information content (AvgIpc) is 2.31. The van der Waals surface area contributed by atoms with Crippen LogP contribution in [0.4, 0.5) is 15.8 Å². The molecule has 18 heavy (non-hydrogen) atoms. The molecule has 0 bridgehead atoms. The Kier molecular flexibility index (Phi) is 5.08. The number of anilines is 2. The highest BCUT2D eigenvalue weighted by molar-refractivity contribution is 5.95. The first-order valence-electron chi connectivity index (χ1n) is 5.43. The van der Waals surface area contributed by atoms with Gasteiger partial charge in [0.05, 0.1) is 24.0 Å². The van der Waals surface area contributed by atoms with E-state index in [0.29, 0.717) is 18.7 Å². The largest absolute Gasteiger partial charge is 0.397 e. The van der Waals surface area contributed by atoms with Crippen LogP contribution in [0, 0.1) is 17.1 Å². The van der Waals surface area contributed by atoms with E-state index in [9.17, 15) is 9.18 Å². The van der Waals surface area contributed by atoms with E-state index in [1.165, 1.54) is 18.2 Å². The summed E-state index contributed by atoms with van der Waals surface area (Å²) in [4.78, 5) is 13.3. The van der Waals surface area contributed by atoms with Crippen LogP contribution in [0.15, 0.2) is 18.2 Å². The topological polar surface area (TPSA) is 82.2 Å². The summed E-state index contributed by atoms with van der Waals surface area (Å²) >= 11 is 0. The summed E-state index contributed by atoms with van der Waals surface area (Å²) in [7, 11) is 1.73. The zero-order valence-electron chi connectivity index (χ0n) is 10.1. The Morgan fingerprint density at radius 1 is 1.61 bits per heavy atom. The van der Waals surface area contributed by atoms with Gasteiger partial charge >= 0.3 is 0 Å². The fraction of sp³-hybridized carbons (Fsp3) is 0.333. The molecule has 0 spiro atoms. The quantitative estimate of drug-likeness (QED) is 0.769. The fourth-order valence-electron chi connectivity index (χ4n) is 1.39. The van der Waals surface area contributed by atoms with Gasteiger partial charge in [-0.1, -0.05) is 0 Å². The average molecular weight is 250 g/mol. The van der Waals surface area contributed by atoms with Crippen LogP contribution in [0.3, 0.4) is 0 Å². The van der Waals surface area contributed by atoms with Gasteiger partial charge in [0, 0.05) is 13.0 Å². The highest BCUT2D eigenvalue weighted by Crippen LogP contribution is 2.18. The summed E-state index contributed by atoms with van der Waals surface area (Å²) < 4.78 is 13.0. The molecule has 0 heterocycles. The molecule has 1 rings (SSSR count). The van der Waals surface area contributed by atoms with E-state index in [-0.39, 0.29) is 18.1 Å². The summed E-state index contributed by atoms with van der Waals surface area (Å²) in [6.45, 7) is 0.625. The molecule has 1 aromatic rings. The third-order valence-electron chi connectivity index (χ3n) is 2.31. The van der Waals surface area contributed by atoms with Gasteiger partial charge < -0.3 is 11.1 Å². The van der Waals surface area contributed by atoms with Crippen molar-refractivity contribution < 1.29 is 9.18 Å². The zero-order chi connectivity index (χ0) is 13.5. The monoisotopic (exact) mass is 250 g/mol. The number of nitriles is 1. The van der Waals surface area contributed by atoms with Crippen LogP contribution in [0.25, 0.3) is 0 Å². The molecule has 0 atom stereocenters. The van der Waals surface area contributed by atoms with Crippen LogP contribution in [-0.2, 0) is 4.79 Å². The van der Waals surface area contributed by atoms with Gasteiger partial charge in [-0.05, 0) is 25.2 Å². The molecule has 1 amide bonds. The van der Waals surface area contributed by atoms with Gasteiger partial charge in [-0.2, -0.15) is 5.26 Å². The third kappa shape index (κ3) is 4.39. The van der Waals surface area contributed by atoms with Crippen molar-refractivity contribution in [3.63, 3.8) is 0 Å². The summed E-state index contributed by atoms with van der Waals surface area (Å²) in [6.07, 6.45) is 0.353. The first-order chi connectivity index (χ1) is 8.52. The molecule has 6 heteroatoms. The van der Waals surface area contributed by atoms with Crippen LogP contribution in [0.1, 0.15) is 6.42 Å². The van der Waals surface area contributed by atoms with Crippen molar-refractivity contribution in [1.29, 1.82) is 5.26 Å². The lowest BCUT2D eigenvalue weighted by Crippen LogP contribution is -2.31. The van der Waals surface area contributed by atoms with Crippen molar-refractivity contribution in [1.82, 2.24) is 4.90 Å². The molecule has 0 aliphatic rings. The molecule has 3 N–H and O–H groups in total. The molecule has 0 unspecified atom stereocenters. The van der Waals surface area contributed by atoms with Crippen LogP contribution in [0.2, 0.25) is 0 Å². The minimum Gasteiger partial charge on any atom is -0.397 e. The van der Waals surface area contributed by atoms with Crippen molar-refractivity contribution in [2.45, 2.75) is 6.42 Å². The normalized spacial score (nSPS) is 10.1. The number of halogens is 1. The second-order valence-corrected chi connectivity index (χ2v) is 3.93. The van der Waals surface area contributed by atoms with Crippen molar-refractivity contribution in [3.05, 3.63) is 24.0 Å². The maximum Gasteiger partial charge on any atom is 0.238 e. The molecule has 0 saturated carbocycles. The Labute approximate surface area is 105 Å². The minimum atomic E-state index is -0.461. The second kappa shape index (κ2) is 6.57. The highest BCUT2D eigenvalue weighted by atomic mass is 19.1. The number of carbonyl (C=O) groups excluding carboxylic acids is 1. The van der Waals surface area contributed by atoms with E-state index in [0.717, 1.165) is 0 Å². The van der Waals surface area contributed by atoms with Crippen LogP contribution in [-0.4, -0.2) is 30.9 Å². The highest BCUT2D eigenvalue weighted by Gasteiger charge is 2.09. The molecule has 0 saturated heterocycles. The Morgan fingerprint density at radius 3 is 3.00 bits per heavy atom. The fourth-order valence-corrected chi connectivity index (χ4v) is 1.39. The van der Waals surface area contributed by atoms with Gasteiger partial charge in [-0.15, -0.1) is 0 Å². The Morgan fingerprint density at radius 2 is 2.33 bits per heavy atom. The zero-order valence-corrected chi connectivity index (χ0v) is 10.1. The Hall–Kier alpha value is -2.13. The van der Waals surface area contributed by atoms with E-state index in [4.69, 9.17) is 11.0 Å². The summed E-state index contributed by atoms with van der Waals surface area (Å²) in [5, 5.41) is 10.9. The number of benzene rings is 1. The summed E-state index contributed by atoms with van der Waals surface area (Å²) in [6, 6.07) is 5.78. The van der Waals surface area contributed by atoms with Crippen LogP contribution >= 0.6 is 0 Å². The van der Waals surface area contributed by atoms with E-state index >= 15 is 0 Å². The molecular weight excluding hydrogens is 235 g/mol. The lowest BCUT2D eigenvalue weighted by molar-refractivity contribution is -0.117. The number of nitrogens with zero attached hydrogens (tertiary/aromatic N) is 2. The summed E-state index contributed by atoms with van der Waals surface area (Å²) in [5.74, 6) is -0.759. The van der Waals surface area contributed by atoms with Crippen molar-refractivity contribution in [3.8, 4) is 6.07 Å². The van der Waals surface area contributed by atoms with Gasteiger partial charge in [-0.25, -0.2) is 4.39 Å². The number of carbonyl (C=O) groups is 1. The van der Waals surface area contributed by atoms with Gasteiger partial charge in [0.15, 0.2) is 0 Å². The van der Waals surface area contributed by atoms with E-state index in [1.807, 2.05) is 6.07 Å². The minimum absolute atomic E-state index is 0.123. The molecule has 0 aliphatic heterocycles. The number of nitrogen functional groups attached to an aromatic ring is 1. The van der Waals surface area contributed by atoms with Crippen molar-refractivity contribution in [2.75, 3.05) is 31.2 Å². The molecule has 0 aromatic heterocycles. The lowest BCUT2D eigenvalue weighted by atomic mass is 10.2. The number of hydrogen-bond donors (Lipinski definition) is 2. The van der Waals surface area contributed by atoms with Crippen molar-refractivity contribution in [2.24, 2.45) is 0 Å². The molecule has 5 nitrogen and oxygen atoms in total. The second-order valence-electron chi connectivity index (χ2n) is 3.93. The number of rotatable bonds is 5. The first-order valence-corrected chi connectivity index (χ1v) is 5.43. The van der Waals surface area contributed by atoms with Gasteiger partial charge in [0.2, 0.25) is 5.91 Å². The number of amides is 1. The lowest BCUT2D eigenvalue weighted by Gasteiger charge is -2.15. The molecule has 0 aliphatic carbocycles. The molecule has 0 fully saturated rings. The predicted molar refractivity (Wildman–Crippen MR) is 67.2 cm³/mol. The smallest absolute Gasteiger partial charge is 0.238 e.